The van der Waals surface area contributed by atoms with E-state index < -0.39 is 0 Å². The highest BCUT2D eigenvalue weighted by molar-refractivity contribution is 5.79. The molecule has 136 valence electrons. The molecule has 24 heavy (non-hydrogen) atoms. The second-order valence-electron chi connectivity index (χ2n) is 7.31. The third kappa shape index (κ3) is 7.21. The number of aryl methyl sites for hydroxylation is 1. The van der Waals surface area contributed by atoms with Crippen molar-refractivity contribution in [3.05, 3.63) is 29.3 Å². The van der Waals surface area contributed by atoms with Crippen LogP contribution < -0.4 is 15.4 Å². The number of ether oxygens (including phenoxy) is 1. The number of nitrogens with zero attached hydrogens (tertiary/aromatic N) is 2. The zero-order valence-electron chi connectivity index (χ0n) is 16.4. The van der Waals surface area contributed by atoms with Crippen molar-refractivity contribution in [2.45, 2.75) is 27.2 Å². The van der Waals surface area contributed by atoms with Crippen LogP contribution in [0.15, 0.2) is 23.2 Å². The molecule has 2 N–H and O–H groups in total. The number of aliphatic imine (C=N–C) groups is 1. The van der Waals surface area contributed by atoms with Crippen LogP contribution in [-0.4, -0.2) is 58.7 Å². The molecule has 0 aliphatic carbocycles. The number of benzene rings is 1. The first-order chi connectivity index (χ1) is 11.3. The molecule has 5 heteroatoms. The van der Waals surface area contributed by atoms with Gasteiger partial charge in [-0.3, -0.25) is 4.99 Å². The summed E-state index contributed by atoms with van der Waals surface area (Å²) in [5.41, 5.74) is 2.61. The van der Waals surface area contributed by atoms with E-state index in [2.05, 4.69) is 73.6 Å². The molecular weight excluding hydrogens is 300 g/mol. The average Bonchev–Trinajstić information content (AvgIpc) is 2.50. The monoisotopic (exact) mass is 334 g/mol. The number of hydrogen-bond donors (Lipinski definition) is 2. The van der Waals surface area contributed by atoms with Gasteiger partial charge in [-0.1, -0.05) is 26.0 Å². The molecule has 0 saturated carbocycles. The molecular formula is C19H34N4O. The van der Waals surface area contributed by atoms with E-state index in [4.69, 9.17) is 4.74 Å². The van der Waals surface area contributed by atoms with Crippen molar-refractivity contribution in [1.29, 1.82) is 0 Å². The predicted molar refractivity (Wildman–Crippen MR) is 103 cm³/mol. The standard InChI is InChI=1S/C19H34N4O/c1-15-8-9-16(12-17(15)24-7)10-11-21-18(20-4)22-13-19(2,3)14-23(5)6/h8-9,12H,10-11,13-14H2,1-7H3,(H2,20,21,22). The van der Waals surface area contributed by atoms with Gasteiger partial charge in [0.05, 0.1) is 7.11 Å². The van der Waals surface area contributed by atoms with Crippen molar-refractivity contribution in [3.63, 3.8) is 0 Å². The smallest absolute Gasteiger partial charge is 0.191 e. The minimum Gasteiger partial charge on any atom is -0.496 e. The first kappa shape index (κ1) is 20.3. The molecule has 0 fully saturated rings. The van der Waals surface area contributed by atoms with Crippen LogP contribution in [0.1, 0.15) is 25.0 Å². The molecule has 0 spiro atoms. The molecule has 0 saturated heterocycles. The highest BCUT2D eigenvalue weighted by atomic mass is 16.5. The molecule has 0 atom stereocenters. The Bertz CT molecular complexity index is 538. The van der Waals surface area contributed by atoms with Crippen molar-refractivity contribution >= 4 is 5.96 Å². The van der Waals surface area contributed by atoms with Gasteiger partial charge >= 0.3 is 0 Å². The van der Waals surface area contributed by atoms with Crippen LogP contribution in [-0.2, 0) is 6.42 Å². The SMILES string of the molecule is CN=C(NCCc1ccc(C)c(OC)c1)NCC(C)(C)CN(C)C. The zero-order valence-corrected chi connectivity index (χ0v) is 16.4. The summed E-state index contributed by atoms with van der Waals surface area (Å²) in [4.78, 5) is 6.52. The van der Waals surface area contributed by atoms with Gasteiger partial charge in [-0.15, -0.1) is 0 Å². The first-order valence-electron chi connectivity index (χ1n) is 8.50. The summed E-state index contributed by atoms with van der Waals surface area (Å²) in [6.07, 6.45) is 0.929. The van der Waals surface area contributed by atoms with Gasteiger partial charge < -0.3 is 20.3 Å². The van der Waals surface area contributed by atoms with Crippen molar-refractivity contribution in [2.75, 3.05) is 47.9 Å². The van der Waals surface area contributed by atoms with E-state index in [1.807, 2.05) is 7.05 Å². The Balaban J connectivity index is 2.45. The molecule has 0 amide bonds. The predicted octanol–water partition coefficient (Wildman–Crippen LogP) is 2.30. The Labute approximate surface area is 147 Å². The Hall–Kier alpha value is -1.75. The Morgan fingerprint density at radius 1 is 1.25 bits per heavy atom. The molecule has 0 aromatic heterocycles. The molecule has 0 heterocycles. The summed E-state index contributed by atoms with van der Waals surface area (Å²) in [7, 11) is 7.73. The van der Waals surface area contributed by atoms with Crippen LogP contribution in [0.5, 0.6) is 5.75 Å². The van der Waals surface area contributed by atoms with Gasteiger partial charge in [0, 0.05) is 26.7 Å². The van der Waals surface area contributed by atoms with Gasteiger partial charge in [-0.05, 0) is 50.0 Å². The minimum atomic E-state index is 0.186. The lowest BCUT2D eigenvalue weighted by Gasteiger charge is -2.29. The third-order valence-electron chi connectivity index (χ3n) is 3.88. The number of nitrogens with one attached hydrogen (secondary N) is 2. The number of hydrogen-bond acceptors (Lipinski definition) is 3. The normalized spacial score (nSPS) is 12.4. The topological polar surface area (TPSA) is 48.9 Å². The maximum Gasteiger partial charge on any atom is 0.191 e. The largest absolute Gasteiger partial charge is 0.496 e. The van der Waals surface area contributed by atoms with Gasteiger partial charge in [-0.25, -0.2) is 0 Å². The molecule has 0 unspecified atom stereocenters. The lowest BCUT2D eigenvalue weighted by Crippen LogP contribution is -2.45. The van der Waals surface area contributed by atoms with Crippen LogP contribution >= 0.6 is 0 Å². The van der Waals surface area contributed by atoms with E-state index >= 15 is 0 Å². The Kier molecular flexibility index (Phi) is 8.05. The van der Waals surface area contributed by atoms with Gasteiger partial charge in [0.2, 0.25) is 0 Å². The summed E-state index contributed by atoms with van der Waals surface area (Å²) in [5.74, 6) is 1.79. The van der Waals surface area contributed by atoms with E-state index in [1.54, 1.807) is 7.11 Å². The molecule has 0 bridgehead atoms. The third-order valence-corrected chi connectivity index (χ3v) is 3.88. The fraction of sp³-hybridized carbons (Fsp3) is 0.632. The average molecular weight is 335 g/mol. The first-order valence-corrected chi connectivity index (χ1v) is 8.50. The quantitative estimate of drug-likeness (QED) is 0.566. The molecule has 0 radical (unpaired) electrons. The fourth-order valence-electron chi connectivity index (χ4n) is 2.80. The molecule has 0 aliphatic rings. The molecule has 1 aromatic carbocycles. The minimum absolute atomic E-state index is 0.186. The van der Waals surface area contributed by atoms with Crippen LogP contribution in [0.4, 0.5) is 0 Å². The van der Waals surface area contributed by atoms with E-state index in [-0.39, 0.29) is 5.41 Å². The van der Waals surface area contributed by atoms with Crippen LogP contribution in [0.2, 0.25) is 0 Å². The Morgan fingerprint density at radius 2 is 1.96 bits per heavy atom. The summed E-state index contributed by atoms with van der Waals surface area (Å²) in [6.45, 7) is 9.31. The van der Waals surface area contributed by atoms with Crippen LogP contribution in [0.25, 0.3) is 0 Å². The summed E-state index contributed by atoms with van der Waals surface area (Å²) >= 11 is 0. The molecule has 1 rings (SSSR count). The van der Waals surface area contributed by atoms with Crippen LogP contribution in [0.3, 0.4) is 0 Å². The number of rotatable bonds is 8. The van der Waals surface area contributed by atoms with E-state index in [0.29, 0.717) is 0 Å². The Morgan fingerprint density at radius 3 is 2.54 bits per heavy atom. The van der Waals surface area contributed by atoms with E-state index in [9.17, 15) is 0 Å². The number of guanidine groups is 1. The highest BCUT2D eigenvalue weighted by Crippen LogP contribution is 2.19. The highest BCUT2D eigenvalue weighted by Gasteiger charge is 2.19. The van der Waals surface area contributed by atoms with Crippen molar-refractivity contribution in [3.8, 4) is 5.75 Å². The summed E-state index contributed by atoms with van der Waals surface area (Å²) in [5, 5.41) is 6.80. The fourth-order valence-corrected chi connectivity index (χ4v) is 2.80. The second kappa shape index (κ2) is 9.52. The maximum atomic E-state index is 5.38. The van der Waals surface area contributed by atoms with Gasteiger partial charge in [0.25, 0.3) is 0 Å². The van der Waals surface area contributed by atoms with Crippen molar-refractivity contribution < 1.29 is 4.74 Å². The molecule has 5 nitrogen and oxygen atoms in total. The lowest BCUT2D eigenvalue weighted by atomic mass is 9.93. The van der Waals surface area contributed by atoms with E-state index in [0.717, 1.165) is 43.3 Å². The number of methoxy groups -OCH3 is 1. The van der Waals surface area contributed by atoms with Crippen molar-refractivity contribution in [2.24, 2.45) is 10.4 Å². The van der Waals surface area contributed by atoms with Gasteiger partial charge in [0.15, 0.2) is 5.96 Å². The maximum absolute atomic E-state index is 5.38. The lowest BCUT2D eigenvalue weighted by molar-refractivity contribution is 0.241. The molecule has 0 aliphatic heterocycles. The van der Waals surface area contributed by atoms with Crippen LogP contribution in [0, 0.1) is 12.3 Å². The van der Waals surface area contributed by atoms with Gasteiger partial charge in [0.1, 0.15) is 5.75 Å². The zero-order chi connectivity index (χ0) is 18.2. The second-order valence-corrected chi connectivity index (χ2v) is 7.31. The molecule has 1 aromatic rings. The van der Waals surface area contributed by atoms with E-state index in [1.165, 1.54) is 5.56 Å². The summed E-state index contributed by atoms with van der Waals surface area (Å²) < 4.78 is 5.38. The summed E-state index contributed by atoms with van der Waals surface area (Å²) in [6, 6.07) is 6.36. The van der Waals surface area contributed by atoms with Crippen molar-refractivity contribution in [1.82, 2.24) is 15.5 Å². The van der Waals surface area contributed by atoms with Gasteiger partial charge in [-0.2, -0.15) is 0 Å².